The van der Waals surface area contributed by atoms with E-state index in [4.69, 9.17) is 0 Å². The lowest BCUT2D eigenvalue weighted by molar-refractivity contribution is -0.141. The first kappa shape index (κ1) is 19.7. The number of nitrogens with one attached hydrogen (secondary N) is 1. The molecule has 1 heterocycles. The lowest BCUT2D eigenvalue weighted by Crippen LogP contribution is -2.26. The molecule has 1 aromatic carbocycles. The second-order valence-corrected chi connectivity index (χ2v) is 5.66. The summed E-state index contributed by atoms with van der Waals surface area (Å²) in [6, 6.07) is 3.97. The molecule has 1 atom stereocenters. The summed E-state index contributed by atoms with van der Waals surface area (Å²) in [4.78, 5) is 12.4. The lowest BCUT2D eigenvalue weighted by Gasteiger charge is -2.17. The minimum Gasteiger partial charge on any atom is -0.433 e. The zero-order valence-electron chi connectivity index (χ0n) is 14.1. The van der Waals surface area contributed by atoms with Crippen molar-refractivity contribution in [1.82, 2.24) is 9.78 Å². The lowest BCUT2D eigenvalue weighted by atomic mass is 10.2. The van der Waals surface area contributed by atoms with Gasteiger partial charge in [-0.05, 0) is 44.5 Å². The van der Waals surface area contributed by atoms with E-state index >= 15 is 0 Å². The van der Waals surface area contributed by atoms with Crippen molar-refractivity contribution >= 4 is 11.6 Å². The Kier molecular flexibility index (Phi) is 5.53. The monoisotopic (exact) mass is 377 g/mol. The van der Waals surface area contributed by atoms with E-state index in [1.54, 1.807) is 13.0 Å². The summed E-state index contributed by atoms with van der Waals surface area (Å²) in [5, 5.41) is 5.79. The van der Waals surface area contributed by atoms with E-state index in [1.807, 2.05) is 0 Å². The molecule has 2 aromatic rings. The highest BCUT2D eigenvalue weighted by Crippen LogP contribution is 2.30. The van der Waals surface area contributed by atoms with E-state index in [2.05, 4.69) is 15.2 Å². The Balaban J connectivity index is 2.24. The van der Waals surface area contributed by atoms with Crippen LogP contribution in [-0.2, 0) is 11.0 Å². The van der Waals surface area contributed by atoms with Gasteiger partial charge in [0.2, 0.25) is 5.91 Å². The molecule has 0 aliphatic carbocycles. The third-order valence-corrected chi connectivity index (χ3v) is 3.57. The number of carbonyl (C=O) groups is 1. The van der Waals surface area contributed by atoms with Crippen LogP contribution in [0.15, 0.2) is 24.3 Å². The molecule has 0 fully saturated rings. The fraction of sp³-hybridized carbons (Fsp3) is 0.375. The van der Waals surface area contributed by atoms with Crippen LogP contribution in [0.4, 0.5) is 27.6 Å². The van der Waals surface area contributed by atoms with E-state index in [-0.39, 0.29) is 17.1 Å². The fourth-order valence-electron chi connectivity index (χ4n) is 2.29. The molecule has 0 bridgehead atoms. The maximum atomic E-state index is 12.7. The smallest absolute Gasteiger partial charge is 0.433 e. The Bertz CT molecular complexity index is 802. The molecule has 0 aliphatic heterocycles. The van der Waals surface area contributed by atoms with E-state index in [9.17, 15) is 26.7 Å². The number of carbonyl (C=O) groups excluding carboxylic acids is 1. The molecule has 1 amide bonds. The molecule has 26 heavy (non-hydrogen) atoms. The van der Waals surface area contributed by atoms with Gasteiger partial charge >= 0.3 is 12.8 Å². The van der Waals surface area contributed by atoms with Crippen molar-refractivity contribution in [1.29, 1.82) is 0 Å². The number of hydrogen-bond acceptors (Lipinski definition) is 3. The Hall–Kier alpha value is -2.65. The summed E-state index contributed by atoms with van der Waals surface area (Å²) < 4.78 is 68.5. The number of anilines is 1. The molecule has 1 unspecified atom stereocenters. The van der Waals surface area contributed by atoms with Crippen LogP contribution < -0.4 is 10.1 Å². The Morgan fingerprint density at radius 3 is 2.42 bits per heavy atom. The quantitative estimate of drug-likeness (QED) is 0.790. The van der Waals surface area contributed by atoms with Crippen LogP contribution in [0.25, 0.3) is 0 Å². The normalized spacial score (nSPS) is 13.0. The number of halogens is 5. The van der Waals surface area contributed by atoms with Crippen LogP contribution in [0.3, 0.4) is 0 Å². The topological polar surface area (TPSA) is 56.2 Å². The summed E-state index contributed by atoms with van der Waals surface area (Å²) in [6.07, 6.45) is -4.64. The average Bonchev–Trinajstić information content (AvgIpc) is 2.90. The third kappa shape index (κ3) is 4.50. The van der Waals surface area contributed by atoms with Gasteiger partial charge < -0.3 is 10.1 Å². The summed E-state index contributed by atoms with van der Waals surface area (Å²) in [7, 11) is 0. The molecule has 1 N–H and O–H groups in total. The number of amides is 1. The summed E-state index contributed by atoms with van der Waals surface area (Å²) >= 11 is 0. The largest absolute Gasteiger partial charge is 0.435 e. The van der Waals surface area contributed by atoms with E-state index < -0.39 is 30.4 Å². The van der Waals surface area contributed by atoms with Crippen molar-refractivity contribution in [3.63, 3.8) is 0 Å². The zero-order chi connectivity index (χ0) is 19.6. The summed E-state index contributed by atoms with van der Waals surface area (Å²) in [5.41, 5.74) is -0.377. The number of ether oxygens (including phenoxy) is 1. The maximum absolute atomic E-state index is 12.7. The number of benzene rings is 1. The number of hydrogen-bond donors (Lipinski definition) is 1. The predicted molar refractivity (Wildman–Crippen MR) is 83.1 cm³/mol. The van der Waals surface area contributed by atoms with Gasteiger partial charge in [0, 0.05) is 5.69 Å². The van der Waals surface area contributed by atoms with Gasteiger partial charge in [0.05, 0.1) is 5.69 Å². The van der Waals surface area contributed by atoms with Gasteiger partial charge in [-0.25, -0.2) is 0 Å². The number of aromatic nitrogens is 2. The van der Waals surface area contributed by atoms with Crippen LogP contribution in [0.2, 0.25) is 0 Å². The molecule has 10 heteroatoms. The molecule has 0 spiro atoms. The standard InChI is InChI=1S/C16H16F5N3O2/c1-8-4-5-11(12(6-8)26-15(17)18)22-14(25)10(3)24-9(2)7-13(23-24)16(19,20)21/h4-7,10,15H,1-3H3,(H,22,25). The van der Waals surface area contributed by atoms with Gasteiger partial charge in [0.15, 0.2) is 5.69 Å². The number of aryl methyl sites for hydroxylation is 2. The van der Waals surface area contributed by atoms with Crippen LogP contribution in [0.1, 0.15) is 29.9 Å². The predicted octanol–water partition coefficient (Wildman–Crippen LogP) is 4.32. The van der Waals surface area contributed by atoms with Crippen LogP contribution in [-0.4, -0.2) is 22.3 Å². The summed E-state index contributed by atoms with van der Waals surface area (Å²) in [6.45, 7) is 1.28. The Morgan fingerprint density at radius 1 is 1.23 bits per heavy atom. The SMILES string of the molecule is Cc1ccc(NC(=O)C(C)n2nc(C(F)(F)F)cc2C)c(OC(F)F)c1. The molecular weight excluding hydrogens is 361 g/mol. The maximum Gasteiger partial charge on any atom is 0.435 e. The highest BCUT2D eigenvalue weighted by Gasteiger charge is 2.35. The molecule has 5 nitrogen and oxygen atoms in total. The van der Waals surface area contributed by atoms with Crippen molar-refractivity contribution in [2.75, 3.05) is 5.32 Å². The van der Waals surface area contributed by atoms with Crippen molar-refractivity contribution in [2.45, 2.75) is 39.6 Å². The first-order valence-electron chi connectivity index (χ1n) is 7.48. The van der Waals surface area contributed by atoms with Gasteiger partial charge in [0.1, 0.15) is 11.8 Å². The van der Waals surface area contributed by atoms with Crippen molar-refractivity contribution in [3.05, 3.63) is 41.2 Å². The fourth-order valence-corrected chi connectivity index (χ4v) is 2.29. The molecule has 0 saturated carbocycles. The number of alkyl halides is 5. The van der Waals surface area contributed by atoms with E-state index in [0.29, 0.717) is 5.56 Å². The number of nitrogens with zero attached hydrogens (tertiary/aromatic N) is 2. The minimum atomic E-state index is -4.64. The van der Waals surface area contributed by atoms with E-state index in [0.717, 1.165) is 10.7 Å². The highest BCUT2D eigenvalue weighted by atomic mass is 19.4. The van der Waals surface area contributed by atoms with Crippen LogP contribution in [0, 0.1) is 13.8 Å². The van der Waals surface area contributed by atoms with Gasteiger partial charge in [-0.1, -0.05) is 6.07 Å². The van der Waals surface area contributed by atoms with Gasteiger partial charge in [-0.2, -0.15) is 27.1 Å². The first-order chi connectivity index (χ1) is 12.0. The molecule has 1 aromatic heterocycles. The molecular formula is C16H16F5N3O2. The molecule has 0 radical (unpaired) electrons. The Morgan fingerprint density at radius 2 is 1.88 bits per heavy atom. The minimum absolute atomic E-state index is 0.0198. The van der Waals surface area contributed by atoms with Crippen molar-refractivity contribution in [2.24, 2.45) is 0 Å². The number of rotatable bonds is 5. The first-order valence-corrected chi connectivity index (χ1v) is 7.48. The zero-order valence-corrected chi connectivity index (χ0v) is 14.1. The van der Waals surface area contributed by atoms with Gasteiger partial charge in [0.25, 0.3) is 0 Å². The van der Waals surface area contributed by atoms with Crippen molar-refractivity contribution in [3.8, 4) is 5.75 Å². The Labute approximate surface area is 145 Å². The van der Waals surface area contributed by atoms with E-state index in [1.165, 1.54) is 26.0 Å². The van der Waals surface area contributed by atoms with Crippen LogP contribution >= 0.6 is 0 Å². The summed E-state index contributed by atoms with van der Waals surface area (Å²) in [5.74, 6) is -0.971. The third-order valence-electron chi connectivity index (χ3n) is 3.57. The highest BCUT2D eigenvalue weighted by molar-refractivity contribution is 5.94. The average molecular weight is 377 g/mol. The van der Waals surface area contributed by atoms with Gasteiger partial charge in [-0.3, -0.25) is 9.48 Å². The van der Waals surface area contributed by atoms with Crippen molar-refractivity contribution < 1.29 is 31.5 Å². The van der Waals surface area contributed by atoms with Crippen LogP contribution in [0.5, 0.6) is 5.75 Å². The molecule has 0 aliphatic rings. The molecule has 0 saturated heterocycles. The second kappa shape index (κ2) is 7.30. The van der Waals surface area contributed by atoms with Gasteiger partial charge in [-0.15, -0.1) is 0 Å². The molecule has 2 rings (SSSR count). The molecule has 142 valence electrons. The second-order valence-electron chi connectivity index (χ2n) is 5.66.